The van der Waals surface area contributed by atoms with Gasteiger partial charge in [0.1, 0.15) is 0 Å². The Bertz CT molecular complexity index is 374. The number of hydrogen-bond donors (Lipinski definition) is 1. The van der Waals surface area contributed by atoms with E-state index in [1.807, 2.05) is 0 Å². The maximum atomic E-state index is 11.2. The Hall–Kier alpha value is -1.03. The molecule has 0 spiro atoms. The van der Waals surface area contributed by atoms with E-state index < -0.39 is 5.97 Å². The van der Waals surface area contributed by atoms with E-state index >= 15 is 0 Å². The first-order valence-corrected chi connectivity index (χ1v) is 4.79. The van der Waals surface area contributed by atoms with Crippen molar-refractivity contribution in [2.45, 2.75) is 0 Å². The van der Waals surface area contributed by atoms with Crippen LogP contribution >= 0.6 is 24.0 Å². The summed E-state index contributed by atoms with van der Waals surface area (Å²) in [5.41, 5.74) is 6.73. The van der Waals surface area contributed by atoms with Crippen LogP contribution in [0.4, 0.5) is 0 Å². The van der Waals surface area contributed by atoms with Crippen LogP contribution in [0.3, 0.4) is 0 Å². The minimum atomic E-state index is -0.410. The van der Waals surface area contributed by atoms with Crippen LogP contribution in [0.1, 0.15) is 5.56 Å². The smallest absolute Gasteiger partial charge is 0.335 e. The summed E-state index contributed by atoms with van der Waals surface area (Å²) in [7, 11) is 1.33. The Labute approximate surface area is 106 Å². The monoisotopic (exact) mass is 261 g/mol. The van der Waals surface area contributed by atoms with Crippen molar-refractivity contribution in [1.29, 1.82) is 0 Å². The average molecular weight is 262 g/mol. The van der Waals surface area contributed by atoms with E-state index in [0.717, 1.165) is 5.56 Å². The van der Waals surface area contributed by atoms with Crippen LogP contribution in [0.5, 0.6) is 0 Å². The predicted molar refractivity (Wildman–Crippen MR) is 67.7 cm³/mol. The second-order valence-electron chi connectivity index (χ2n) is 2.92. The predicted octanol–water partition coefficient (Wildman–Crippen LogP) is 2.28. The molecule has 0 fully saturated rings. The fourth-order valence-electron chi connectivity index (χ4n) is 1.09. The van der Waals surface area contributed by atoms with Gasteiger partial charge in [-0.3, -0.25) is 0 Å². The third-order valence-corrected chi connectivity index (χ3v) is 2.13. The number of carbonyl (C=O) groups excluding carboxylic acids is 1. The molecule has 0 aliphatic rings. The Morgan fingerprint density at radius 1 is 1.44 bits per heavy atom. The molecule has 5 heteroatoms. The number of nitrogens with two attached hydrogens (primary N) is 1. The SMILES string of the molecule is COC(=O)/C(=C/c1ccc(Cl)cc1)CN.Cl. The molecule has 3 nitrogen and oxygen atoms in total. The number of halogens is 2. The van der Waals surface area contributed by atoms with Crippen LogP contribution in [0.2, 0.25) is 5.02 Å². The fraction of sp³-hybridized carbons (Fsp3) is 0.182. The van der Waals surface area contributed by atoms with E-state index in [4.69, 9.17) is 17.3 Å². The molecule has 0 saturated carbocycles. The zero-order valence-corrected chi connectivity index (χ0v) is 10.3. The molecule has 0 heterocycles. The fourth-order valence-corrected chi connectivity index (χ4v) is 1.22. The van der Waals surface area contributed by atoms with Crippen molar-refractivity contribution in [3.8, 4) is 0 Å². The molecule has 0 amide bonds. The second kappa shape index (κ2) is 7.28. The first kappa shape index (κ1) is 15.0. The highest BCUT2D eigenvalue weighted by Gasteiger charge is 2.06. The van der Waals surface area contributed by atoms with Gasteiger partial charge in [-0.25, -0.2) is 4.79 Å². The van der Waals surface area contributed by atoms with Crippen molar-refractivity contribution in [3.05, 3.63) is 40.4 Å². The van der Waals surface area contributed by atoms with E-state index in [2.05, 4.69) is 4.74 Å². The zero-order valence-electron chi connectivity index (χ0n) is 8.77. The summed E-state index contributed by atoms with van der Waals surface area (Å²) in [6, 6.07) is 7.11. The largest absolute Gasteiger partial charge is 0.466 e. The van der Waals surface area contributed by atoms with Gasteiger partial charge in [0.2, 0.25) is 0 Å². The van der Waals surface area contributed by atoms with Crippen molar-refractivity contribution in [3.63, 3.8) is 0 Å². The minimum Gasteiger partial charge on any atom is -0.466 e. The molecule has 0 aromatic heterocycles. The molecule has 0 radical (unpaired) electrons. The van der Waals surface area contributed by atoms with Crippen LogP contribution in [0.15, 0.2) is 29.8 Å². The van der Waals surface area contributed by atoms with Crippen molar-refractivity contribution >= 4 is 36.1 Å². The lowest BCUT2D eigenvalue weighted by Crippen LogP contribution is -2.13. The van der Waals surface area contributed by atoms with Crippen LogP contribution in [-0.4, -0.2) is 19.6 Å². The molecular weight excluding hydrogens is 249 g/mol. The van der Waals surface area contributed by atoms with E-state index in [1.165, 1.54) is 7.11 Å². The number of hydrogen-bond acceptors (Lipinski definition) is 3. The van der Waals surface area contributed by atoms with Gasteiger partial charge in [-0.1, -0.05) is 23.7 Å². The summed E-state index contributed by atoms with van der Waals surface area (Å²) in [5.74, 6) is -0.410. The zero-order chi connectivity index (χ0) is 11.3. The lowest BCUT2D eigenvalue weighted by atomic mass is 10.1. The second-order valence-corrected chi connectivity index (χ2v) is 3.35. The maximum absolute atomic E-state index is 11.2. The number of carbonyl (C=O) groups is 1. The molecule has 0 bridgehead atoms. The van der Waals surface area contributed by atoms with Crippen molar-refractivity contribution < 1.29 is 9.53 Å². The van der Waals surface area contributed by atoms with Gasteiger partial charge in [0.15, 0.2) is 0 Å². The molecule has 16 heavy (non-hydrogen) atoms. The summed E-state index contributed by atoms with van der Waals surface area (Å²) in [6.45, 7) is 0.148. The third-order valence-electron chi connectivity index (χ3n) is 1.88. The van der Waals surface area contributed by atoms with Gasteiger partial charge in [-0.2, -0.15) is 0 Å². The molecule has 1 aromatic rings. The lowest BCUT2D eigenvalue weighted by molar-refractivity contribution is -0.136. The number of ether oxygens (including phenoxy) is 1. The number of benzene rings is 1. The highest BCUT2D eigenvalue weighted by atomic mass is 35.5. The van der Waals surface area contributed by atoms with Crippen molar-refractivity contribution in [2.75, 3.05) is 13.7 Å². The van der Waals surface area contributed by atoms with Gasteiger partial charge in [-0.15, -0.1) is 12.4 Å². The van der Waals surface area contributed by atoms with Gasteiger partial charge < -0.3 is 10.5 Å². The molecule has 1 aromatic carbocycles. The Morgan fingerprint density at radius 3 is 2.44 bits per heavy atom. The van der Waals surface area contributed by atoms with Crippen molar-refractivity contribution in [2.24, 2.45) is 5.73 Å². The quantitative estimate of drug-likeness (QED) is 0.671. The molecule has 1 rings (SSSR count). The number of esters is 1. The standard InChI is InChI=1S/C11H12ClNO2.ClH/c1-15-11(14)9(7-13)6-8-2-4-10(12)5-3-8;/h2-6H,7,13H2,1H3;1H/b9-6+;. The number of rotatable bonds is 3. The summed E-state index contributed by atoms with van der Waals surface area (Å²) in [5, 5.41) is 0.652. The van der Waals surface area contributed by atoms with Gasteiger partial charge in [0, 0.05) is 11.6 Å². The Balaban J connectivity index is 0.00000225. The molecule has 0 unspecified atom stereocenters. The first-order chi connectivity index (χ1) is 7.17. The molecule has 0 aliphatic heterocycles. The van der Waals surface area contributed by atoms with E-state index in [9.17, 15) is 4.79 Å². The highest BCUT2D eigenvalue weighted by Crippen LogP contribution is 2.12. The number of methoxy groups -OCH3 is 1. The molecule has 0 aliphatic carbocycles. The first-order valence-electron chi connectivity index (χ1n) is 4.42. The summed E-state index contributed by atoms with van der Waals surface area (Å²) in [4.78, 5) is 11.2. The van der Waals surface area contributed by atoms with Crippen LogP contribution in [-0.2, 0) is 9.53 Å². The Kier molecular flexibility index (Phi) is 6.81. The van der Waals surface area contributed by atoms with E-state index in [-0.39, 0.29) is 19.0 Å². The summed E-state index contributed by atoms with van der Waals surface area (Å²) >= 11 is 5.73. The normalized spacial score (nSPS) is 10.6. The Morgan fingerprint density at radius 2 is 2.00 bits per heavy atom. The van der Waals surface area contributed by atoms with Crippen LogP contribution in [0.25, 0.3) is 6.08 Å². The topological polar surface area (TPSA) is 52.3 Å². The maximum Gasteiger partial charge on any atom is 0.335 e. The summed E-state index contributed by atoms with van der Waals surface area (Å²) in [6.07, 6.45) is 1.68. The van der Waals surface area contributed by atoms with Gasteiger partial charge >= 0.3 is 5.97 Å². The highest BCUT2D eigenvalue weighted by molar-refractivity contribution is 6.30. The lowest BCUT2D eigenvalue weighted by Gasteiger charge is -2.02. The van der Waals surface area contributed by atoms with Crippen LogP contribution < -0.4 is 5.73 Å². The minimum absolute atomic E-state index is 0. The summed E-state index contributed by atoms with van der Waals surface area (Å²) < 4.78 is 4.59. The average Bonchev–Trinajstić information content (AvgIpc) is 2.27. The van der Waals surface area contributed by atoms with Crippen LogP contribution in [0, 0.1) is 0 Å². The molecular formula is C11H13Cl2NO2. The van der Waals surface area contributed by atoms with E-state index in [0.29, 0.717) is 10.6 Å². The third kappa shape index (κ3) is 4.23. The molecule has 2 N–H and O–H groups in total. The molecule has 0 saturated heterocycles. The van der Waals surface area contributed by atoms with Gasteiger partial charge in [-0.05, 0) is 23.8 Å². The van der Waals surface area contributed by atoms with Gasteiger partial charge in [0.05, 0.1) is 12.7 Å². The van der Waals surface area contributed by atoms with Gasteiger partial charge in [0.25, 0.3) is 0 Å². The molecule has 0 atom stereocenters. The molecule has 88 valence electrons. The van der Waals surface area contributed by atoms with Crippen molar-refractivity contribution in [1.82, 2.24) is 0 Å². The van der Waals surface area contributed by atoms with E-state index in [1.54, 1.807) is 30.3 Å².